The molecular formula is C15H13ClN2O. The Morgan fingerprint density at radius 2 is 2.05 bits per heavy atom. The fraction of sp³-hybridized carbons (Fsp3) is 0.133. The molecule has 3 aromatic rings. The van der Waals surface area contributed by atoms with E-state index in [4.69, 9.17) is 21.8 Å². The predicted molar refractivity (Wildman–Crippen MR) is 78.2 cm³/mol. The first-order valence-corrected chi connectivity index (χ1v) is 6.50. The number of nitrogen functional groups attached to an aromatic ring is 1. The summed E-state index contributed by atoms with van der Waals surface area (Å²) in [6.45, 7) is 2.11. The molecule has 0 aliphatic rings. The van der Waals surface area contributed by atoms with E-state index < -0.39 is 0 Å². The predicted octanol–water partition coefficient (Wildman–Crippen LogP) is 4.29. The van der Waals surface area contributed by atoms with Crippen molar-refractivity contribution in [3.8, 4) is 11.5 Å². The summed E-state index contributed by atoms with van der Waals surface area (Å²) in [4.78, 5) is 4.50. The van der Waals surface area contributed by atoms with Gasteiger partial charge in [0.1, 0.15) is 5.52 Å². The van der Waals surface area contributed by atoms with Gasteiger partial charge < -0.3 is 10.2 Å². The van der Waals surface area contributed by atoms with Crippen LogP contribution < -0.4 is 5.73 Å². The Bertz CT molecular complexity index is 749. The number of aromatic nitrogens is 1. The zero-order valence-corrected chi connectivity index (χ0v) is 11.2. The van der Waals surface area contributed by atoms with Gasteiger partial charge in [0.15, 0.2) is 5.58 Å². The molecule has 0 saturated carbocycles. The van der Waals surface area contributed by atoms with Crippen LogP contribution in [0.4, 0.5) is 5.69 Å². The van der Waals surface area contributed by atoms with Crippen LogP contribution in [0.2, 0.25) is 5.02 Å². The summed E-state index contributed by atoms with van der Waals surface area (Å²) in [5.74, 6) is 0.560. The number of rotatable bonds is 2. The number of nitrogens with two attached hydrogens (primary N) is 1. The van der Waals surface area contributed by atoms with Crippen LogP contribution in [0.1, 0.15) is 12.5 Å². The van der Waals surface area contributed by atoms with E-state index in [1.165, 1.54) is 5.56 Å². The summed E-state index contributed by atoms with van der Waals surface area (Å²) in [6, 6.07) is 11.4. The molecule has 1 aromatic heterocycles. The second-order valence-corrected chi connectivity index (χ2v) is 4.82. The van der Waals surface area contributed by atoms with Gasteiger partial charge in [-0.1, -0.05) is 24.6 Å². The van der Waals surface area contributed by atoms with E-state index in [0.717, 1.165) is 23.1 Å². The number of hydrogen-bond donors (Lipinski definition) is 1. The Balaban J connectivity index is 2.11. The van der Waals surface area contributed by atoms with Gasteiger partial charge in [-0.25, -0.2) is 4.98 Å². The van der Waals surface area contributed by atoms with E-state index >= 15 is 0 Å². The Morgan fingerprint density at radius 3 is 2.79 bits per heavy atom. The van der Waals surface area contributed by atoms with Crippen molar-refractivity contribution in [3.05, 3.63) is 47.0 Å². The molecule has 2 aromatic carbocycles. The van der Waals surface area contributed by atoms with E-state index in [0.29, 0.717) is 16.6 Å². The number of fused-ring (bicyclic) bond motifs is 1. The van der Waals surface area contributed by atoms with E-state index in [1.54, 1.807) is 12.1 Å². The molecule has 0 bridgehead atoms. The zero-order chi connectivity index (χ0) is 13.4. The first-order chi connectivity index (χ1) is 9.17. The summed E-state index contributed by atoms with van der Waals surface area (Å²) in [7, 11) is 0. The summed E-state index contributed by atoms with van der Waals surface area (Å²) >= 11 is 6.02. The first kappa shape index (κ1) is 12.1. The second-order valence-electron chi connectivity index (χ2n) is 4.41. The highest BCUT2D eigenvalue weighted by Crippen LogP contribution is 2.29. The Morgan fingerprint density at radius 1 is 1.21 bits per heavy atom. The molecule has 0 spiro atoms. The van der Waals surface area contributed by atoms with Crippen molar-refractivity contribution in [2.75, 3.05) is 5.73 Å². The van der Waals surface area contributed by atoms with Gasteiger partial charge in [-0.15, -0.1) is 0 Å². The van der Waals surface area contributed by atoms with Crippen molar-refractivity contribution in [1.29, 1.82) is 0 Å². The minimum absolute atomic E-state index is 0.508. The van der Waals surface area contributed by atoms with Gasteiger partial charge >= 0.3 is 0 Å². The maximum atomic E-state index is 6.02. The van der Waals surface area contributed by atoms with E-state index in [9.17, 15) is 0 Å². The van der Waals surface area contributed by atoms with E-state index in [1.807, 2.05) is 24.3 Å². The number of benzene rings is 2. The minimum Gasteiger partial charge on any atom is -0.436 e. The molecule has 0 aliphatic heterocycles. The quantitative estimate of drug-likeness (QED) is 0.708. The van der Waals surface area contributed by atoms with Gasteiger partial charge in [-0.05, 0) is 42.3 Å². The molecule has 2 N–H and O–H groups in total. The molecule has 0 amide bonds. The third kappa shape index (κ3) is 2.17. The van der Waals surface area contributed by atoms with Crippen LogP contribution in [0, 0.1) is 0 Å². The van der Waals surface area contributed by atoms with Crippen LogP contribution in [0.15, 0.2) is 40.8 Å². The molecule has 19 heavy (non-hydrogen) atoms. The first-order valence-electron chi connectivity index (χ1n) is 6.12. The lowest BCUT2D eigenvalue weighted by atomic mass is 10.1. The fourth-order valence-electron chi connectivity index (χ4n) is 1.98. The number of anilines is 1. The zero-order valence-electron chi connectivity index (χ0n) is 10.5. The Kier molecular flexibility index (Phi) is 2.91. The summed E-state index contributed by atoms with van der Waals surface area (Å²) in [5.41, 5.74) is 9.95. The molecule has 96 valence electrons. The molecule has 0 aliphatic carbocycles. The van der Waals surface area contributed by atoms with Crippen LogP contribution in [0.5, 0.6) is 0 Å². The second kappa shape index (κ2) is 4.59. The fourth-order valence-corrected chi connectivity index (χ4v) is 2.16. The topological polar surface area (TPSA) is 52.0 Å². The molecule has 3 rings (SSSR count). The maximum absolute atomic E-state index is 6.02. The van der Waals surface area contributed by atoms with Crippen LogP contribution >= 0.6 is 11.6 Å². The number of halogens is 1. The van der Waals surface area contributed by atoms with Gasteiger partial charge in [0.25, 0.3) is 0 Å². The van der Waals surface area contributed by atoms with Crippen molar-refractivity contribution >= 4 is 28.4 Å². The summed E-state index contributed by atoms with van der Waals surface area (Å²) in [6.07, 6.45) is 0.978. The van der Waals surface area contributed by atoms with Crippen molar-refractivity contribution in [2.24, 2.45) is 0 Å². The molecule has 1 heterocycles. The van der Waals surface area contributed by atoms with Crippen molar-refractivity contribution in [2.45, 2.75) is 13.3 Å². The number of hydrogen-bond acceptors (Lipinski definition) is 3. The SMILES string of the molecule is CCc1ccc2oc(-c3ccc(N)c(Cl)c3)nc2c1. The third-order valence-corrected chi connectivity index (χ3v) is 3.43. The molecular weight excluding hydrogens is 260 g/mol. The Labute approximate surface area is 116 Å². The standard InChI is InChI=1S/C15H13ClN2O/c1-2-9-3-6-14-13(7-9)18-15(19-14)10-4-5-12(17)11(16)8-10/h3-8H,2,17H2,1H3. The summed E-state index contributed by atoms with van der Waals surface area (Å²) < 4.78 is 5.74. The lowest BCUT2D eigenvalue weighted by Crippen LogP contribution is -1.86. The monoisotopic (exact) mass is 272 g/mol. The maximum Gasteiger partial charge on any atom is 0.227 e. The average molecular weight is 273 g/mol. The molecule has 0 atom stereocenters. The highest BCUT2D eigenvalue weighted by molar-refractivity contribution is 6.33. The lowest BCUT2D eigenvalue weighted by Gasteiger charge is -1.99. The normalized spacial score (nSPS) is 11.1. The van der Waals surface area contributed by atoms with Gasteiger partial charge in [-0.2, -0.15) is 0 Å². The number of nitrogens with zero attached hydrogens (tertiary/aromatic N) is 1. The molecule has 0 fully saturated rings. The van der Waals surface area contributed by atoms with Crippen molar-refractivity contribution in [1.82, 2.24) is 4.98 Å². The molecule has 4 heteroatoms. The molecule has 3 nitrogen and oxygen atoms in total. The molecule has 0 unspecified atom stereocenters. The van der Waals surface area contributed by atoms with Crippen LogP contribution in [-0.2, 0) is 6.42 Å². The number of aryl methyl sites for hydroxylation is 1. The van der Waals surface area contributed by atoms with Crippen LogP contribution in [-0.4, -0.2) is 4.98 Å². The third-order valence-electron chi connectivity index (χ3n) is 3.11. The van der Waals surface area contributed by atoms with Crippen LogP contribution in [0.25, 0.3) is 22.6 Å². The number of oxazole rings is 1. The molecule has 0 saturated heterocycles. The van der Waals surface area contributed by atoms with Gasteiger partial charge in [-0.3, -0.25) is 0 Å². The smallest absolute Gasteiger partial charge is 0.227 e. The van der Waals surface area contributed by atoms with Crippen molar-refractivity contribution in [3.63, 3.8) is 0 Å². The molecule has 0 radical (unpaired) electrons. The van der Waals surface area contributed by atoms with E-state index in [-0.39, 0.29) is 0 Å². The Hall–Kier alpha value is -2.00. The average Bonchev–Trinajstić information content (AvgIpc) is 2.84. The van der Waals surface area contributed by atoms with Crippen LogP contribution in [0.3, 0.4) is 0 Å². The highest BCUT2D eigenvalue weighted by atomic mass is 35.5. The van der Waals surface area contributed by atoms with E-state index in [2.05, 4.69) is 11.9 Å². The minimum atomic E-state index is 0.508. The summed E-state index contributed by atoms with van der Waals surface area (Å²) in [5, 5.41) is 0.508. The lowest BCUT2D eigenvalue weighted by molar-refractivity contribution is 0.620. The van der Waals surface area contributed by atoms with Crippen molar-refractivity contribution < 1.29 is 4.42 Å². The van der Waals surface area contributed by atoms with Gasteiger partial charge in [0, 0.05) is 5.56 Å². The largest absolute Gasteiger partial charge is 0.436 e. The van der Waals surface area contributed by atoms with Gasteiger partial charge in [0.2, 0.25) is 5.89 Å². The highest BCUT2D eigenvalue weighted by Gasteiger charge is 2.09. The van der Waals surface area contributed by atoms with Gasteiger partial charge in [0.05, 0.1) is 10.7 Å².